The van der Waals surface area contributed by atoms with Gasteiger partial charge in [0.15, 0.2) is 5.69 Å². The molecule has 3 rings (SSSR count). The summed E-state index contributed by atoms with van der Waals surface area (Å²) in [4.78, 5) is 36.8. The van der Waals surface area contributed by atoms with Gasteiger partial charge in [-0.15, -0.1) is 0 Å². The molecule has 2 heterocycles. The zero-order valence-electron chi connectivity index (χ0n) is 14.2. The van der Waals surface area contributed by atoms with Crippen molar-refractivity contribution in [2.45, 2.75) is 19.4 Å². The summed E-state index contributed by atoms with van der Waals surface area (Å²) < 4.78 is 7.04. The van der Waals surface area contributed by atoms with Crippen LogP contribution in [0.25, 0.3) is 0 Å². The van der Waals surface area contributed by atoms with Crippen molar-refractivity contribution in [3.63, 3.8) is 0 Å². The van der Waals surface area contributed by atoms with Crippen LogP contribution in [0, 0.1) is 6.92 Å². The van der Waals surface area contributed by atoms with E-state index in [0.717, 1.165) is 0 Å². The van der Waals surface area contributed by atoms with Crippen molar-refractivity contribution in [2.24, 2.45) is 12.8 Å². The summed E-state index contributed by atoms with van der Waals surface area (Å²) in [6, 6.07) is 4.64. The maximum absolute atomic E-state index is 12.8. The van der Waals surface area contributed by atoms with Gasteiger partial charge in [-0.05, 0) is 32.0 Å². The van der Waals surface area contributed by atoms with Gasteiger partial charge >= 0.3 is 0 Å². The number of nitrogens with one attached hydrogen (secondary N) is 2. The molecule has 9 nitrogen and oxygen atoms in total. The molecule has 0 spiro atoms. The molecule has 0 radical (unpaired) electrons. The Bertz CT molecular complexity index is 954. The normalized spacial score (nSPS) is 18.5. The smallest absolute Gasteiger partial charge is 0.278 e. The average molecular weight is 378 g/mol. The van der Waals surface area contributed by atoms with Crippen LogP contribution in [0.3, 0.4) is 0 Å². The fourth-order valence-corrected chi connectivity index (χ4v) is 2.68. The van der Waals surface area contributed by atoms with Crippen molar-refractivity contribution >= 4 is 40.7 Å². The Hall–Kier alpha value is -3.07. The summed E-state index contributed by atoms with van der Waals surface area (Å²) >= 11 is 5.89. The van der Waals surface area contributed by atoms with Crippen LogP contribution >= 0.6 is 11.6 Å². The second-order valence-electron chi connectivity index (χ2n) is 5.98. The molecule has 3 amide bonds. The van der Waals surface area contributed by atoms with Crippen LogP contribution in [0.2, 0.25) is 5.02 Å². The fourth-order valence-electron chi connectivity index (χ4n) is 2.51. The summed E-state index contributed by atoms with van der Waals surface area (Å²) in [7, 11) is 1.60. The number of nitrogens with zero attached hydrogens (tertiary/aromatic N) is 2. The maximum Gasteiger partial charge on any atom is 0.278 e. The monoisotopic (exact) mass is 377 g/mol. The minimum absolute atomic E-state index is 0.106. The number of nitrogens with two attached hydrogens (primary N) is 1. The lowest BCUT2D eigenvalue weighted by Crippen LogP contribution is -2.56. The number of amides is 3. The molecule has 1 aliphatic rings. The van der Waals surface area contributed by atoms with E-state index in [0.29, 0.717) is 22.2 Å². The number of aromatic nitrogens is 2. The highest BCUT2D eigenvalue weighted by atomic mass is 35.5. The summed E-state index contributed by atoms with van der Waals surface area (Å²) in [6.45, 7) is 2.97. The van der Waals surface area contributed by atoms with Gasteiger partial charge < -0.3 is 21.1 Å². The van der Waals surface area contributed by atoms with Crippen LogP contribution in [0.4, 0.5) is 11.4 Å². The number of aryl methyl sites for hydroxylation is 1. The van der Waals surface area contributed by atoms with Crippen LogP contribution < -0.4 is 21.1 Å². The summed E-state index contributed by atoms with van der Waals surface area (Å²) in [6.07, 6.45) is 0. The van der Waals surface area contributed by atoms with Crippen LogP contribution in [0.5, 0.6) is 5.75 Å². The highest BCUT2D eigenvalue weighted by Crippen LogP contribution is 2.36. The van der Waals surface area contributed by atoms with Crippen molar-refractivity contribution in [1.29, 1.82) is 0 Å². The third-order valence-electron chi connectivity index (χ3n) is 4.18. The van der Waals surface area contributed by atoms with Crippen LogP contribution in [-0.4, -0.2) is 33.1 Å². The zero-order valence-corrected chi connectivity index (χ0v) is 15.0. The molecule has 136 valence electrons. The second-order valence-corrected chi connectivity index (χ2v) is 6.42. The molecule has 0 saturated carbocycles. The molecule has 1 unspecified atom stereocenters. The van der Waals surface area contributed by atoms with Crippen LogP contribution in [0.15, 0.2) is 18.2 Å². The van der Waals surface area contributed by atoms with Gasteiger partial charge in [0.1, 0.15) is 5.75 Å². The van der Waals surface area contributed by atoms with E-state index in [1.165, 1.54) is 17.7 Å². The van der Waals surface area contributed by atoms with E-state index in [1.54, 1.807) is 26.1 Å². The number of benzene rings is 1. The second kappa shape index (κ2) is 6.03. The van der Waals surface area contributed by atoms with Gasteiger partial charge in [-0.2, -0.15) is 5.10 Å². The number of anilines is 2. The van der Waals surface area contributed by atoms with Gasteiger partial charge in [0.05, 0.1) is 17.1 Å². The quantitative estimate of drug-likeness (QED) is 0.692. The lowest BCUT2D eigenvalue weighted by molar-refractivity contribution is -0.143. The fraction of sp³-hybridized carbons (Fsp3) is 0.250. The Morgan fingerprint density at radius 3 is 2.77 bits per heavy atom. The lowest BCUT2D eigenvalue weighted by atomic mass is 10.0. The molecule has 4 N–H and O–H groups in total. The molecule has 0 bridgehead atoms. The molecule has 1 aromatic carbocycles. The number of halogens is 1. The van der Waals surface area contributed by atoms with Gasteiger partial charge in [-0.3, -0.25) is 19.1 Å². The Kier molecular flexibility index (Phi) is 4.11. The van der Waals surface area contributed by atoms with E-state index in [1.807, 2.05) is 0 Å². The predicted octanol–water partition coefficient (Wildman–Crippen LogP) is 1.21. The van der Waals surface area contributed by atoms with Crippen molar-refractivity contribution < 1.29 is 19.1 Å². The standard InChI is InChI=1S/C16H16ClN5O4/c1-7-11(12(13(18)23)21-22(7)3)20-15(25)16(2)14(24)19-9-6-8(17)4-5-10(9)26-16/h4-6H,1-3H3,(H2,18,23)(H,19,24)(H,20,25). The van der Waals surface area contributed by atoms with E-state index in [2.05, 4.69) is 15.7 Å². The van der Waals surface area contributed by atoms with E-state index in [4.69, 9.17) is 22.1 Å². The molecule has 26 heavy (non-hydrogen) atoms. The molecule has 0 fully saturated rings. The largest absolute Gasteiger partial charge is 0.466 e. The summed E-state index contributed by atoms with van der Waals surface area (Å²) in [5.41, 5.74) is 4.32. The minimum Gasteiger partial charge on any atom is -0.466 e. The van der Waals surface area contributed by atoms with Crippen molar-refractivity contribution in [3.05, 3.63) is 34.6 Å². The highest BCUT2D eigenvalue weighted by Gasteiger charge is 2.48. The Labute approximate surface area is 153 Å². The number of ether oxygens (including phenoxy) is 1. The molecule has 0 aliphatic carbocycles. The first-order valence-electron chi connectivity index (χ1n) is 7.58. The van der Waals surface area contributed by atoms with Crippen LogP contribution in [-0.2, 0) is 16.6 Å². The number of hydrogen-bond acceptors (Lipinski definition) is 5. The summed E-state index contributed by atoms with van der Waals surface area (Å²) in [5.74, 6) is -1.95. The molecular weight excluding hydrogens is 362 g/mol. The molecule has 1 aromatic heterocycles. The lowest BCUT2D eigenvalue weighted by Gasteiger charge is -2.33. The van der Waals surface area contributed by atoms with Crippen molar-refractivity contribution in [3.8, 4) is 5.75 Å². The van der Waals surface area contributed by atoms with E-state index in [9.17, 15) is 14.4 Å². The first-order valence-corrected chi connectivity index (χ1v) is 7.96. The number of rotatable bonds is 3. The highest BCUT2D eigenvalue weighted by molar-refractivity contribution is 6.31. The van der Waals surface area contributed by atoms with E-state index in [-0.39, 0.29) is 11.4 Å². The Morgan fingerprint density at radius 1 is 1.42 bits per heavy atom. The topological polar surface area (TPSA) is 128 Å². The third kappa shape index (κ3) is 2.76. The Morgan fingerprint density at radius 2 is 2.12 bits per heavy atom. The predicted molar refractivity (Wildman–Crippen MR) is 94.2 cm³/mol. The average Bonchev–Trinajstić information content (AvgIpc) is 2.85. The minimum atomic E-state index is -1.86. The van der Waals surface area contributed by atoms with Gasteiger partial charge in [0.25, 0.3) is 23.3 Å². The number of fused-ring (bicyclic) bond motifs is 1. The first kappa shape index (κ1) is 17.7. The number of carbonyl (C=O) groups is 3. The zero-order chi connectivity index (χ0) is 19.2. The van der Waals surface area contributed by atoms with Gasteiger partial charge in [-0.25, -0.2) is 0 Å². The maximum atomic E-state index is 12.8. The van der Waals surface area contributed by atoms with Gasteiger partial charge in [0, 0.05) is 12.1 Å². The Balaban J connectivity index is 1.94. The molecule has 10 heteroatoms. The molecule has 2 aromatic rings. The number of primary amides is 1. The summed E-state index contributed by atoms with van der Waals surface area (Å²) in [5, 5.41) is 9.50. The van der Waals surface area contributed by atoms with Crippen molar-refractivity contribution in [2.75, 3.05) is 10.6 Å². The molecule has 1 atom stereocenters. The van der Waals surface area contributed by atoms with Crippen LogP contribution in [0.1, 0.15) is 23.1 Å². The number of hydrogen-bond donors (Lipinski definition) is 3. The molecular formula is C16H16ClN5O4. The first-order chi connectivity index (χ1) is 12.1. The third-order valence-corrected chi connectivity index (χ3v) is 4.41. The number of carbonyl (C=O) groups excluding carboxylic acids is 3. The van der Waals surface area contributed by atoms with Crippen molar-refractivity contribution in [1.82, 2.24) is 9.78 Å². The molecule has 1 aliphatic heterocycles. The van der Waals surface area contributed by atoms with E-state index < -0.39 is 23.3 Å². The van der Waals surface area contributed by atoms with Gasteiger partial charge in [0.2, 0.25) is 0 Å². The van der Waals surface area contributed by atoms with E-state index >= 15 is 0 Å². The molecule has 0 saturated heterocycles. The SMILES string of the molecule is Cc1c(NC(=O)C2(C)Oc3ccc(Cl)cc3NC2=O)c(C(N)=O)nn1C. The van der Waals surface area contributed by atoms with Gasteiger partial charge in [-0.1, -0.05) is 11.6 Å².